The van der Waals surface area contributed by atoms with Gasteiger partial charge in [-0.2, -0.15) is 0 Å². The van der Waals surface area contributed by atoms with Crippen molar-refractivity contribution in [3.63, 3.8) is 0 Å². The van der Waals surface area contributed by atoms with E-state index in [0.717, 1.165) is 119 Å². The maximum absolute atomic E-state index is 14.2. The lowest BCUT2D eigenvalue weighted by atomic mass is 9.72. The van der Waals surface area contributed by atoms with Crippen molar-refractivity contribution in [2.24, 2.45) is 11.3 Å². The molecule has 6 heterocycles. The van der Waals surface area contributed by atoms with Crippen LogP contribution in [0.25, 0.3) is 16.6 Å². The number of aromatic amines is 1. The second-order valence-electron chi connectivity index (χ2n) is 24.7. The molecular weight excluding hydrogens is 1180 g/mol. The van der Waals surface area contributed by atoms with Gasteiger partial charge >= 0.3 is 0 Å². The zero-order valence-electron chi connectivity index (χ0n) is 50.3. The molecule has 5 aliphatic rings. The molecule has 0 radical (unpaired) electrons. The smallest absolute Gasteiger partial charge is 0.293 e. The number of amides is 5. The van der Waals surface area contributed by atoms with Gasteiger partial charge in [0.25, 0.3) is 33.4 Å². The van der Waals surface area contributed by atoms with E-state index in [2.05, 4.69) is 83.3 Å². The molecule has 0 spiro atoms. The number of nitro groups is 1. The van der Waals surface area contributed by atoms with E-state index in [0.29, 0.717) is 48.3 Å². The van der Waals surface area contributed by atoms with Crippen LogP contribution < -0.4 is 30.3 Å². The Labute approximate surface area is 522 Å². The second-order valence-corrected chi connectivity index (χ2v) is 26.8. The number of sulfonamides is 1. The van der Waals surface area contributed by atoms with Crippen molar-refractivity contribution in [2.45, 2.75) is 82.6 Å². The zero-order chi connectivity index (χ0) is 62.6. The van der Waals surface area contributed by atoms with Crippen LogP contribution in [0.4, 0.5) is 22.7 Å². The number of benzene rings is 4. The number of halogens is 1. The molecule has 1 aliphatic carbocycles. The third-order valence-electron chi connectivity index (χ3n) is 17.9. The van der Waals surface area contributed by atoms with Crippen molar-refractivity contribution in [3.8, 4) is 11.5 Å². The largest absolute Gasteiger partial charge is 0.455 e. The Morgan fingerprint density at radius 3 is 2.42 bits per heavy atom. The highest BCUT2D eigenvalue weighted by atomic mass is 35.5. The van der Waals surface area contributed by atoms with E-state index in [1.54, 1.807) is 42.6 Å². The maximum Gasteiger partial charge on any atom is 0.293 e. The zero-order valence-corrected chi connectivity index (χ0v) is 51.9. The monoisotopic (exact) mass is 1250 g/mol. The van der Waals surface area contributed by atoms with E-state index < -0.39 is 61.1 Å². The number of anilines is 3. The molecule has 3 saturated heterocycles. The number of nitrogens with one attached hydrogen (secondary N) is 5. The molecule has 4 aromatic carbocycles. The summed E-state index contributed by atoms with van der Waals surface area (Å²) in [7, 11) is -2.56. The number of carbonyl (C=O) groups is 5. The van der Waals surface area contributed by atoms with E-state index in [-0.39, 0.29) is 52.3 Å². The fourth-order valence-electron chi connectivity index (χ4n) is 12.7. The number of carbonyl (C=O) groups excluding carboxylic acids is 5. The van der Waals surface area contributed by atoms with Gasteiger partial charge in [0, 0.05) is 105 Å². The number of fused-ring (bicyclic) bond motifs is 2. The number of ether oxygens (including phenoxy) is 1. The number of H-pyrrole nitrogens is 1. The summed E-state index contributed by atoms with van der Waals surface area (Å²) < 4.78 is 36.5. The fourth-order valence-corrected chi connectivity index (χ4v) is 13.8. The first kappa shape index (κ1) is 62.4. The minimum absolute atomic E-state index is 0.0536. The molecule has 22 nitrogen and oxygen atoms in total. The van der Waals surface area contributed by atoms with Gasteiger partial charge in [0.2, 0.25) is 11.8 Å². The predicted molar refractivity (Wildman–Crippen MR) is 341 cm³/mol. The van der Waals surface area contributed by atoms with E-state index in [1.807, 2.05) is 18.2 Å². The number of unbranched alkanes of at least 4 members (excludes halogenated alkanes) is 1. The van der Waals surface area contributed by atoms with Gasteiger partial charge in [-0.05, 0) is 161 Å². The first-order valence-corrected chi connectivity index (χ1v) is 32.4. The Morgan fingerprint density at radius 1 is 0.865 bits per heavy atom. The van der Waals surface area contributed by atoms with E-state index in [4.69, 9.17) is 16.3 Å². The molecule has 468 valence electrons. The van der Waals surface area contributed by atoms with Crippen LogP contribution in [0.15, 0.2) is 114 Å². The number of aromatic nitrogens is 2. The average Bonchev–Trinajstić information content (AvgIpc) is 1.66. The quantitative estimate of drug-likeness (QED) is 0.0173. The summed E-state index contributed by atoms with van der Waals surface area (Å²) in [4.78, 5) is 94.3. The molecule has 3 fully saturated rings. The van der Waals surface area contributed by atoms with Gasteiger partial charge < -0.3 is 35.1 Å². The van der Waals surface area contributed by atoms with Crippen LogP contribution in [0, 0.1) is 21.4 Å². The number of imide groups is 2. The van der Waals surface area contributed by atoms with Gasteiger partial charge in [0.1, 0.15) is 28.9 Å². The topological polar surface area (TPSA) is 265 Å². The molecule has 1 unspecified atom stereocenters. The van der Waals surface area contributed by atoms with Crippen LogP contribution in [0.1, 0.15) is 108 Å². The highest BCUT2D eigenvalue weighted by Crippen LogP contribution is 2.44. The standard InChI is InChI=1S/C65H75ClN12O10S/c1-65(2)23-19-45(52(38-65)43-9-11-46(66)12-10-43)41-75-31-33-76(34-32-75)47-13-15-50(57(36-47)88-48-35-44-20-25-68-60(44)70-40-48)61(80)72-89(86,87)49-14-16-53(56(37-49)78(84)85)69-39-42-21-27-74(28-22-42)30-29-73(3)26-5-4-24-67-54-8-6-7-51-59(54)64(83)77(63(51)82)55-17-18-58(79)71-62(55)81/h6-16,20,25,35-37,40,42,55,67,69H,4-5,17-19,21-24,26-34,38-39,41H2,1-3H3,(H,68,70)(H,72,80)(H,71,79,81). The molecule has 11 rings (SSSR count). The SMILES string of the molecule is CN(CCCCNc1cccc2c1C(=O)N(C1CCC(=O)NC1=O)C2=O)CCN1CCC(CNc2ccc(S(=O)(=O)NC(=O)c3ccc(N4CCN(CC5=C(c6ccc(Cl)cc6)CC(C)(C)CC5)CC4)cc3Oc3cnc4[nH]ccc4c3)cc2[N+](=O)[O-])CC1. The number of nitro benzene ring substituents is 1. The van der Waals surface area contributed by atoms with Gasteiger partial charge in [0.15, 0.2) is 0 Å². The van der Waals surface area contributed by atoms with E-state index in [9.17, 15) is 42.5 Å². The molecule has 24 heteroatoms. The number of rotatable bonds is 23. The third kappa shape index (κ3) is 14.6. The summed E-state index contributed by atoms with van der Waals surface area (Å²) in [6, 6.07) is 24.4. The number of likely N-dealkylation sites (tertiary alicyclic amines) is 1. The Bertz CT molecular complexity index is 3840. The number of piperazine rings is 1. The first-order valence-electron chi connectivity index (χ1n) is 30.5. The first-order chi connectivity index (χ1) is 42.7. The summed E-state index contributed by atoms with van der Waals surface area (Å²) in [5.41, 5.74) is 6.40. The third-order valence-corrected chi connectivity index (χ3v) is 19.5. The Morgan fingerprint density at radius 2 is 1.65 bits per heavy atom. The number of allylic oxidation sites excluding steroid dienone is 1. The van der Waals surface area contributed by atoms with E-state index >= 15 is 0 Å². The lowest BCUT2D eigenvalue weighted by Gasteiger charge is -2.39. The number of likely N-dealkylation sites (N-methyl/N-ethyl adjacent to an activating group) is 1. The minimum atomic E-state index is -4.63. The van der Waals surface area contributed by atoms with Crippen LogP contribution in [0.2, 0.25) is 5.02 Å². The minimum Gasteiger partial charge on any atom is -0.455 e. The van der Waals surface area contributed by atoms with Crippen molar-refractivity contribution in [2.75, 3.05) is 101 Å². The molecule has 5 amide bonds. The molecule has 4 aliphatic heterocycles. The molecule has 6 aromatic rings. The summed E-state index contributed by atoms with van der Waals surface area (Å²) in [6.45, 7) is 13.8. The number of hydrogen-bond donors (Lipinski definition) is 5. The Kier molecular flexibility index (Phi) is 18.8. The molecule has 1 atom stereocenters. The number of piperidine rings is 2. The summed E-state index contributed by atoms with van der Waals surface area (Å²) in [5.74, 6) is -2.47. The van der Waals surface area contributed by atoms with Crippen LogP contribution in [-0.4, -0.2) is 164 Å². The van der Waals surface area contributed by atoms with Crippen LogP contribution in [0.3, 0.4) is 0 Å². The fraction of sp³-hybridized carbons (Fsp3) is 0.415. The average molecular weight is 1250 g/mol. The van der Waals surface area contributed by atoms with Crippen molar-refractivity contribution in [1.29, 1.82) is 0 Å². The van der Waals surface area contributed by atoms with Gasteiger partial charge in [-0.1, -0.05) is 49.2 Å². The van der Waals surface area contributed by atoms with Gasteiger partial charge in [-0.25, -0.2) is 18.1 Å². The summed E-state index contributed by atoms with van der Waals surface area (Å²) in [6.07, 6.45) is 9.99. The van der Waals surface area contributed by atoms with Crippen molar-refractivity contribution >= 4 is 90.5 Å². The lowest BCUT2D eigenvalue weighted by Crippen LogP contribution is -2.54. The highest BCUT2D eigenvalue weighted by molar-refractivity contribution is 7.90. The van der Waals surface area contributed by atoms with E-state index in [1.165, 1.54) is 41.1 Å². The number of pyridine rings is 1. The molecule has 5 N–H and O–H groups in total. The Hall–Kier alpha value is -8.22. The molecule has 89 heavy (non-hydrogen) atoms. The van der Waals surface area contributed by atoms with Crippen molar-refractivity contribution < 1.29 is 42.1 Å². The van der Waals surface area contributed by atoms with Crippen LogP contribution in [0.5, 0.6) is 11.5 Å². The summed E-state index contributed by atoms with van der Waals surface area (Å²) in [5, 5.41) is 22.7. The van der Waals surface area contributed by atoms with Gasteiger partial charge in [0.05, 0.1) is 32.7 Å². The van der Waals surface area contributed by atoms with Crippen molar-refractivity contribution in [3.05, 3.63) is 146 Å². The summed E-state index contributed by atoms with van der Waals surface area (Å²) >= 11 is 6.27. The van der Waals surface area contributed by atoms with Gasteiger partial charge in [-0.3, -0.25) is 49.2 Å². The second kappa shape index (κ2) is 26.9. The van der Waals surface area contributed by atoms with Gasteiger partial charge in [-0.15, -0.1) is 0 Å². The number of hydrogen-bond acceptors (Lipinski definition) is 17. The molecule has 0 saturated carbocycles. The molecular formula is C65H75ClN12O10S. The predicted octanol–water partition coefficient (Wildman–Crippen LogP) is 9.17. The number of nitrogens with zero attached hydrogens (tertiary/aromatic N) is 7. The van der Waals surface area contributed by atoms with Crippen molar-refractivity contribution in [1.82, 2.24) is 39.6 Å². The molecule has 2 aromatic heterocycles. The maximum atomic E-state index is 14.2. The van der Waals surface area contributed by atoms with Crippen LogP contribution >= 0.6 is 11.6 Å². The lowest BCUT2D eigenvalue weighted by molar-refractivity contribution is -0.384. The van der Waals surface area contributed by atoms with Crippen LogP contribution in [-0.2, 0) is 19.6 Å². The Balaban J connectivity index is 0.653. The normalized spacial score (nSPS) is 18.6. The highest BCUT2D eigenvalue weighted by Gasteiger charge is 2.46. The molecule has 0 bridgehead atoms.